The van der Waals surface area contributed by atoms with Crippen LogP contribution in [0, 0.1) is 5.92 Å². The zero-order valence-electron chi connectivity index (χ0n) is 30.2. The van der Waals surface area contributed by atoms with Crippen molar-refractivity contribution in [3.8, 4) is 11.4 Å². The SMILES string of the molecule is COc1ccc([Si](C)(C)[C@@H]2[C@@H](CC(=O)N(CCO)Cc3ccccc3)O[C@]3(C(=O)N(C)c4ccc(-n5ncc6ccccc6c5=O)cc43)[C@H]2C)cc1. The van der Waals surface area contributed by atoms with Crippen molar-refractivity contribution in [1.29, 1.82) is 0 Å². The Kier molecular flexibility index (Phi) is 9.37. The molecule has 1 spiro atoms. The molecule has 1 fully saturated rings. The molecule has 11 heteroatoms. The number of carbonyl (C=O) groups is 2. The van der Waals surface area contributed by atoms with Gasteiger partial charge in [-0.3, -0.25) is 14.4 Å². The van der Waals surface area contributed by atoms with E-state index in [-0.39, 0.29) is 48.4 Å². The lowest BCUT2D eigenvalue weighted by Gasteiger charge is -2.37. The Morgan fingerprint density at radius 1 is 1.00 bits per heavy atom. The smallest absolute Gasteiger partial charge is 0.279 e. The Bertz CT molecular complexity index is 2190. The van der Waals surface area contributed by atoms with Crippen molar-refractivity contribution < 1.29 is 24.2 Å². The summed E-state index contributed by atoms with van der Waals surface area (Å²) >= 11 is 0. The summed E-state index contributed by atoms with van der Waals surface area (Å²) in [6.07, 6.45) is 1.09. The standard InChI is InChI=1S/C41H44N4O6Si/c1-27-38(52(4,5)32-18-16-31(50-3)17-19-32)36(24-37(47)44(21-22-46)26-28-11-7-6-8-12-28)51-41(27)34-23-30(15-20-35(34)43(2)40(41)49)45-39(48)33-14-10-9-13-29(33)25-42-45/h6-20,23,25,27,36,38,46H,21-22,24,26H2,1-5H3/t27-,36+,38-,41+/m0/s1. The number of likely N-dealkylation sites (N-methyl/N-ethyl adjacent to an activating group) is 1. The lowest BCUT2D eigenvalue weighted by Crippen LogP contribution is -2.52. The van der Waals surface area contributed by atoms with Crippen LogP contribution in [-0.2, 0) is 26.5 Å². The number of aromatic nitrogens is 2. The second-order valence-electron chi connectivity index (χ2n) is 14.4. The third-order valence-electron chi connectivity index (χ3n) is 11.2. The second-order valence-corrected chi connectivity index (χ2v) is 19.1. The van der Waals surface area contributed by atoms with Crippen molar-refractivity contribution in [1.82, 2.24) is 14.7 Å². The number of aliphatic hydroxyl groups is 1. The number of anilines is 1. The minimum Gasteiger partial charge on any atom is -0.497 e. The second kappa shape index (κ2) is 13.8. The van der Waals surface area contributed by atoms with Gasteiger partial charge in [-0.2, -0.15) is 9.78 Å². The summed E-state index contributed by atoms with van der Waals surface area (Å²) in [4.78, 5) is 45.9. The van der Waals surface area contributed by atoms with Crippen molar-refractivity contribution in [2.24, 2.45) is 5.92 Å². The largest absolute Gasteiger partial charge is 0.497 e. The van der Waals surface area contributed by atoms with Gasteiger partial charge in [0.2, 0.25) is 5.91 Å². The Balaban J connectivity index is 1.33. The van der Waals surface area contributed by atoms with Crippen molar-refractivity contribution in [3.63, 3.8) is 0 Å². The number of hydrogen-bond acceptors (Lipinski definition) is 7. The van der Waals surface area contributed by atoms with Gasteiger partial charge in [0.05, 0.1) is 57.3 Å². The molecule has 7 rings (SSSR count). The Morgan fingerprint density at radius 2 is 1.71 bits per heavy atom. The Labute approximate surface area is 304 Å². The lowest BCUT2D eigenvalue weighted by atomic mass is 9.82. The zero-order chi connectivity index (χ0) is 36.8. The molecule has 2 amide bonds. The molecule has 1 saturated heterocycles. The van der Waals surface area contributed by atoms with E-state index < -0.39 is 19.8 Å². The summed E-state index contributed by atoms with van der Waals surface area (Å²) < 4.78 is 14.0. The molecule has 2 aliphatic heterocycles. The molecule has 2 aliphatic rings. The van der Waals surface area contributed by atoms with Gasteiger partial charge < -0.3 is 24.4 Å². The summed E-state index contributed by atoms with van der Waals surface area (Å²) in [7, 11) is 0.857. The third-order valence-corrected chi connectivity index (χ3v) is 15.6. The molecule has 0 radical (unpaired) electrons. The minimum absolute atomic E-state index is 0.0356. The van der Waals surface area contributed by atoms with E-state index in [0.29, 0.717) is 28.9 Å². The molecule has 4 aromatic carbocycles. The maximum absolute atomic E-state index is 14.7. The average Bonchev–Trinajstić information content (AvgIpc) is 3.57. The molecular formula is C41H44N4O6Si. The van der Waals surface area contributed by atoms with Crippen LogP contribution < -0.4 is 20.4 Å². The maximum atomic E-state index is 14.7. The molecule has 0 bridgehead atoms. The summed E-state index contributed by atoms with van der Waals surface area (Å²) in [5, 5.41) is 16.9. The van der Waals surface area contributed by atoms with Crippen LogP contribution in [0.15, 0.2) is 108 Å². The van der Waals surface area contributed by atoms with Crippen LogP contribution in [0.4, 0.5) is 5.69 Å². The van der Waals surface area contributed by atoms with Gasteiger partial charge >= 0.3 is 0 Å². The van der Waals surface area contributed by atoms with Crippen LogP contribution in [0.25, 0.3) is 16.5 Å². The lowest BCUT2D eigenvalue weighted by molar-refractivity contribution is -0.149. The average molecular weight is 717 g/mol. The van der Waals surface area contributed by atoms with Crippen molar-refractivity contribution in [2.45, 2.75) is 50.2 Å². The van der Waals surface area contributed by atoms with Gasteiger partial charge in [-0.05, 0) is 47.5 Å². The van der Waals surface area contributed by atoms with Crippen LogP contribution in [0.2, 0.25) is 18.6 Å². The number of ether oxygens (including phenoxy) is 2. The van der Waals surface area contributed by atoms with Crippen LogP contribution in [-0.4, -0.2) is 73.1 Å². The number of carbonyl (C=O) groups excluding carboxylic acids is 2. The summed E-state index contributed by atoms with van der Waals surface area (Å²) in [6.45, 7) is 6.94. The number of benzene rings is 4. The van der Waals surface area contributed by atoms with Crippen molar-refractivity contribution in [3.05, 3.63) is 125 Å². The normalized spacial score (nSPS) is 21.2. The molecule has 5 aromatic rings. The highest BCUT2D eigenvalue weighted by Gasteiger charge is 2.66. The van der Waals surface area contributed by atoms with E-state index in [1.165, 1.54) is 4.68 Å². The van der Waals surface area contributed by atoms with E-state index in [0.717, 1.165) is 21.9 Å². The van der Waals surface area contributed by atoms with Gasteiger partial charge in [-0.1, -0.05) is 85.9 Å². The number of fused-ring (bicyclic) bond motifs is 3. The topological polar surface area (TPSA) is 114 Å². The highest BCUT2D eigenvalue weighted by atomic mass is 28.3. The van der Waals surface area contributed by atoms with E-state index in [2.05, 4.69) is 37.2 Å². The molecule has 0 unspecified atom stereocenters. The Hall–Kier alpha value is -5.10. The first-order chi connectivity index (χ1) is 25.0. The highest BCUT2D eigenvalue weighted by Crippen LogP contribution is 2.60. The van der Waals surface area contributed by atoms with Gasteiger partial charge in [-0.15, -0.1) is 0 Å². The number of hydrogen-bond donors (Lipinski definition) is 1. The summed E-state index contributed by atoms with van der Waals surface area (Å²) in [6, 6.07) is 30.6. The van der Waals surface area contributed by atoms with Gasteiger partial charge in [0.1, 0.15) is 5.75 Å². The summed E-state index contributed by atoms with van der Waals surface area (Å²) in [5.41, 5.74) is 0.977. The quantitative estimate of drug-likeness (QED) is 0.203. The van der Waals surface area contributed by atoms with Crippen LogP contribution in [0.1, 0.15) is 24.5 Å². The van der Waals surface area contributed by atoms with Crippen molar-refractivity contribution >= 4 is 41.5 Å². The molecular weight excluding hydrogens is 673 g/mol. The number of methoxy groups -OCH3 is 1. The predicted octanol–water partition coefficient (Wildman–Crippen LogP) is 5.00. The van der Waals surface area contributed by atoms with Crippen molar-refractivity contribution in [2.75, 3.05) is 32.2 Å². The molecule has 4 atom stereocenters. The molecule has 0 aliphatic carbocycles. The Morgan fingerprint density at radius 3 is 2.42 bits per heavy atom. The third kappa shape index (κ3) is 5.82. The first-order valence-corrected chi connectivity index (χ1v) is 20.7. The maximum Gasteiger partial charge on any atom is 0.279 e. The molecule has 3 heterocycles. The summed E-state index contributed by atoms with van der Waals surface area (Å²) in [5.74, 6) is 0.0418. The number of aliphatic hydroxyl groups excluding tert-OH is 1. The van der Waals surface area contributed by atoms with Crippen LogP contribution >= 0.6 is 0 Å². The fourth-order valence-corrected chi connectivity index (χ4v) is 12.5. The molecule has 268 valence electrons. The van der Waals surface area contributed by atoms with E-state index in [9.17, 15) is 19.5 Å². The predicted molar refractivity (Wildman–Crippen MR) is 204 cm³/mol. The minimum atomic E-state index is -2.52. The van der Waals surface area contributed by atoms with Gasteiger partial charge in [0, 0.05) is 37.0 Å². The number of amides is 2. The molecule has 10 nitrogen and oxygen atoms in total. The number of nitrogens with zero attached hydrogens (tertiary/aromatic N) is 4. The number of rotatable bonds is 10. The molecule has 1 N–H and O–H groups in total. The van der Waals surface area contributed by atoms with Gasteiger partial charge in [-0.25, -0.2) is 0 Å². The van der Waals surface area contributed by atoms with E-state index in [1.54, 1.807) is 42.3 Å². The highest BCUT2D eigenvalue weighted by molar-refractivity contribution is 6.91. The fourth-order valence-electron chi connectivity index (χ4n) is 8.53. The van der Waals surface area contributed by atoms with E-state index >= 15 is 0 Å². The van der Waals surface area contributed by atoms with Crippen LogP contribution in [0.5, 0.6) is 5.75 Å². The molecule has 52 heavy (non-hydrogen) atoms. The van der Waals surface area contributed by atoms with E-state index in [1.807, 2.05) is 72.8 Å². The van der Waals surface area contributed by atoms with Crippen LogP contribution in [0.3, 0.4) is 0 Å². The van der Waals surface area contributed by atoms with E-state index in [4.69, 9.17) is 9.47 Å². The zero-order valence-corrected chi connectivity index (χ0v) is 31.2. The first-order valence-electron chi connectivity index (χ1n) is 17.7. The first kappa shape index (κ1) is 35.3. The monoisotopic (exact) mass is 716 g/mol. The fraction of sp³-hybridized carbons (Fsp3) is 0.317. The molecule has 1 aromatic heterocycles. The molecule has 0 saturated carbocycles. The van der Waals surface area contributed by atoms with Gasteiger partial charge in [0.15, 0.2) is 5.60 Å². The van der Waals surface area contributed by atoms with Gasteiger partial charge in [0.25, 0.3) is 11.5 Å².